The highest BCUT2D eigenvalue weighted by atomic mass is 16.2. The van der Waals surface area contributed by atoms with E-state index in [2.05, 4.69) is 4.98 Å². The number of nitrogens with zero attached hydrogens (tertiary/aromatic N) is 3. The Labute approximate surface area is 87.5 Å². The summed E-state index contributed by atoms with van der Waals surface area (Å²) in [6, 6.07) is 3.75. The van der Waals surface area contributed by atoms with E-state index in [1.807, 2.05) is 12.1 Å². The maximum Gasteiger partial charge on any atom is 0.231 e. The van der Waals surface area contributed by atoms with Crippen LogP contribution >= 0.6 is 0 Å². The highest BCUT2D eigenvalue weighted by Crippen LogP contribution is 2.22. The summed E-state index contributed by atoms with van der Waals surface area (Å²) in [5, 5.41) is 8.73. The van der Waals surface area contributed by atoms with Crippen LogP contribution in [0.3, 0.4) is 0 Å². The fraction of sp³-hybridized carbons (Fsp3) is 0.182. The Balaban J connectivity index is 2.57. The summed E-state index contributed by atoms with van der Waals surface area (Å²) in [6.07, 6.45) is 5.45. The van der Waals surface area contributed by atoms with E-state index in [1.165, 1.54) is 11.1 Å². The van der Waals surface area contributed by atoms with Gasteiger partial charge in [0.1, 0.15) is 11.9 Å². The van der Waals surface area contributed by atoms with Gasteiger partial charge in [-0.3, -0.25) is 9.69 Å². The van der Waals surface area contributed by atoms with Crippen molar-refractivity contribution in [3.8, 4) is 6.07 Å². The molecule has 1 amide bonds. The Morgan fingerprint density at radius 3 is 3.13 bits per heavy atom. The number of hydrogen-bond donors (Lipinski definition) is 0. The predicted molar refractivity (Wildman–Crippen MR) is 56.0 cm³/mol. The zero-order valence-corrected chi connectivity index (χ0v) is 8.27. The maximum atomic E-state index is 11.5. The third-order valence-electron chi connectivity index (χ3n) is 2.31. The zero-order valence-electron chi connectivity index (χ0n) is 8.27. The van der Waals surface area contributed by atoms with Crippen LogP contribution in [0.4, 0.5) is 5.82 Å². The van der Waals surface area contributed by atoms with E-state index >= 15 is 0 Å². The van der Waals surface area contributed by atoms with Crippen molar-refractivity contribution in [3.05, 3.63) is 29.5 Å². The minimum absolute atomic E-state index is 0.00204. The summed E-state index contributed by atoms with van der Waals surface area (Å²) in [7, 11) is 1.69. The molecule has 1 aliphatic rings. The molecule has 0 radical (unpaired) electrons. The predicted octanol–water partition coefficient (Wildman–Crippen LogP) is 1.33. The summed E-state index contributed by atoms with van der Waals surface area (Å²) in [5.74, 6) is 0.606. The van der Waals surface area contributed by atoms with E-state index in [9.17, 15) is 4.79 Å². The first-order chi connectivity index (χ1) is 7.22. The molecule has 0 aromatic carbocycles. The molecular formula is C11H9N3O. The zero-order chi connectivity index (χ0) is 10.8. The Morgan fingerprint density at radius 1 is 1.60 bits per heavy atom. The van der Waals surface area contributed by atoms with Gasteiger partial charge in [-0.1, -0.05) is 12.2 Å². The maximum absolute atomic E-state index is 11.5. The summed E-state index contributed by atoms with van der Waals surface area (Å²) in [5.41, 5.74) is 1.31. The number of carbonyl (C=O) groups excluding carboxylic acids is 1. The monoisotopic (exact) mass is 199 g/mol. The molecule has 2 heterocycles. The molecule has 0 fully saturated rings. The van der Waals surface area contributed by atoms with Crippen LogP contribution in [-0.2, 0) is 4.79 Å². The van der Waals surface area contributed by atoms with E-state index < -0.39 is 0 Å². The van der Waals surface area contributed by atoms with Gasteiger partial charge in [0.05, 0.1) is 5.56 Å². The number of anilines is 1. The number of hydrogen-bond acceptors (Lipinski definition) is 3. The number of amides is 1. The van der Waals surface area contributed by atoms with Crippen molar-refractivity contribution in [2.45, 2.75) is 6.42 Å². The second-order valence-corrected chi connectivity index (χ2v) is 3.31. The first-order valence-corrected chi connectivity index (χ1v) is 4.55. The molecule has 2 rings (SSSR count). The van der Waals surface area contributed by atoms with E-state index in [1.54, 1.807) is 19.2 Å². The van der Waals surface area contributed by atoms with Crippen LogP contribution in [0.15, 0.2) is 18.3 Å². The Bertz CT molecular complexity index is 485. The van der Waals surface area contributed by atoms with Crippen LogP contribution in [0.25, 0.3) is 6.08 Å². The van der Waals surface area contributed by atoms with Crippen LogP contribution in [-0.4, -0.2) is 17.9 Å². The van der Waals surface area contributed by atoms with Gasteiger partial charge in [-0.25, -0.2) is 4.98 Å². The number of nitriles is 1. The van der Waals surface area contributed by atoms with Gasteiger partial charge in [0.15, 0.2) is 0 Å². The quantitative estimate of drug-likeness (QED) is 0.633. The van der Waals surface area contributed by atoms with Crippen molar-refractivity contribution in [1.29, 1.82) is 5.26 Å². The van der Waals surface area contributed by atoms with E-state index in [-0.39, 0.29) is 5.91 Å². The van der Waals surface area contributed by atoms with Gasteiger partial charge in [0.25, 0.3) is 0 Å². The van der Waals surface area contributed by atoms with Gasteiger partial charge in [0.2, 0.25) is 5.91 Å². The first-order valence-electron chi connectivity index (χ1n) is 4.55. The van der Waals surface area contributed by atoms with Crippen molar-refractivity contribution in [1.82, 2.24) is 4.98 Å². The van der Waals surface area contributed by atoms with E-state index in [0.717, 1.165) is 5.56 Å². The average molecular weight is 199 g/mol. The molecule has 0 unspecified atom stereocenters. The molecule has 0 atom stereocenters. The van der Waals surface area contributed by atoms with Gasteiger partial charge < -0.3 is 0 Å². The molecule has 4 heteroatoms. The SMILES string of the molecule is CN1C(=O)CC=Cc2cc(C#N)cnc21. The molecule has 0 saturated heterocycles. The second kappa shape index (κ2) is 3.54. The fourth-order valence-electron chi connectivity index (χ4n) is 1.48. The number of aromatic nitrogens is 1. The number of pyridine rings is 1. The van der Waals surface area contributed by atoms with E-state index in [0.29, 0.717) is 17.8 Å². The molecule has 15 heavy (non-hydrogen) atoms. The minimum Gasteiger partial charge on any atom is -0.299 e. The van der Waals surface area contributed by atoms with E-state index in [4.69, 9.17) is 5.26 Å². The molecular weight excluding hydrogens is 190 g/mol. The molecule has 0 spiro atoms. The van der Waals surface area contributed by atoms with Crippen molar-refractivity contribution < 1.29 is 4.79 Å². The normalized spacial score (nSPS) is 14.4. The molecule has 0 bridgehead atoms. The number of rotatable bonds is 0. The highest BCUT2D eigenvalue weighted by Gasteiger charge is 2.16. The summed E-state index contributed by atoms with van der Waals surface area (Å²) in [6.45, 7) is 0. The highest BCUT2D eigenvalue weighted by molar-refractivity contribution is 5.96. The average Bonchev–Trinajstić information content (AvgIpc) is 2.40. The molecule has 4 nitrogen and oxygen atoms in total. The smallest absolute Gasteiger partial charge is 0.231 e. The van der Waals surface area contributed by atoms with Gasteiger partial charge in [-0.05, 0) is 6.07 Å². The van der Waals surface area contributed by atoms with Gasteiger partial charge in [-0.2, -0.15) is 5.26 Å². The van der Waals surface area contributed by atoms with Crippen LogP contribution in [0.1, 0.15) is 17.5 Å². The lowest BCUT2D eigenvalue weighted by Crippen LogP contribution is -2.26. The third-order valence-corrected chi connectivity index (χ3v) is 2.31. The van der Waals surface area contributed by atoms with Crippen LogP contribution in [0.2, 0.25) is 0 Å². The number of fused-ring (bicyclic) bond motifs is 1. The topological polar surface area (TPSA) is 57.0 Å². The largest absolute Gasteiger partial charge is 0.299 e. The third kappa shape index (κ3) is 1.59. The lowest BCUT2D eigenvalue weighted by molar-refractivity contribution is -0.117. The van der Waals surface area contributed by atoms with Gasteiger partial charge >= 0.3 is 0 Å². The molecule has 0 N–H and O–H groups in total. The van der Waals surface area contributed by atoms with Crippen molar-refractivity contribution in [3.63, 3.8) is 0 Å². The summed E-state index contributed by atoms with van der Waals surface area (Å²) >= 11 is 0. The van der Waals surface area contributed by atoms with Crippen LogP contribution in [0, 0.1) is 11.3 Å². The Hall–Kier alpha value is -2.15. The minimum atomic E-state index is 0.00204. The first kappa shape index (κ1) is 9.41. The molecule has 0 saturated carbocycles. The molecule has 74 valence electrons. The lowest BCUT2D eigenvalue weighted by Gasteiger charge is -2.15. The Kier molecular flexibility index (Phi) is 2.22. The van der Waals surface area contributed by atoms with Gasteiger partial charge in [0, 0.05) is 25.2 Å². The van der Waals surface area contributed by atoms with Crippen molar-refractivity contribution >= 4 is 17.8 Å². The van der Waals surface area contributed by atoms with Crippen LogP contribution in [0.5, 0.6) is 0 Å². The Morgan fingerprint density at radius 2 is 2.40 bits per heavy atom. The fourth-order valence-corrected chi connectivity index (χ4v) is 1.48. The van der Waals surface area contributed by atoms with Crippen LogP contribution < -0.4 is 4.90 Å². The lowest BCUT2D eigenvalue weighted by atomic mass is 10.2. The van der Waals surface area contributed by atoms with Gasteiger partial charge in [-0.15, -0.1) is 0 Å². The summed E-state index contributed by atoms with van der Waals surface area (Å²) in [4.78, 5) is 17.1. The molecule has 0 aliphatic carbocycles. The van der Waals surface area contributed by atoms with Crippen molar-refractivity contribution in [2.24, 2.45) is 0 Å². The second-order valence-electron chi connectivity index (χ2n) is 3.31. The van der Waals surface area contributed by atoms with Crippen molar-refractivity contribution in [2.75, 3.05) is 11.9 Å². The molecule has 1 aliphatic heterocycles. The molecule has 1 aromatic rings. The molecule has 1 aromatic heterocycles. The standard InChI is InChI=1S/C11H9N3O/c1-14-10(15)4-2-3-9-5-8(6-12)7-13-11(9)14/h2-3,5,7H,4H2,1H3. The summed E-state index contributed by atoms with van der Waals surface area (Å²) < 4.78 is 0. The number of carbonyl (C=O) groups is 1.